The minimum absolute atomic E-state index is 0.176. The number of carbonyl (C=O) groups excluding carboxylic acids is 1. The van der Waals surface area contributed by atoms with Crippen LogP contribution in [0.3, 0.4) is 0 Å². The molecule has 1 atom stereocenters. The molecule has 2 rings (SSSR count). The van der Waals surface area contributed by atoms with Crippen molar-refractivity contribution < 1.29 is 27.8 Å². The van der Waals surface area contributed by atoms with Crippen LogP contribution in [0.2, 0.25) is 0 Å². The lowest BCUT2D eigenvalue weighted by Crippen LogP contribution is -2.61. The number of hydrazine groups is 1. The smallest absolute Gasteiger partial charge is 0.442 e. The zero-order chi connectivity index (χ0) is 20.1. The molecule has 2 N–H and O–H groups in total. The number of para-hydroxylation sites is 1. The van der Waals surface area contributed by atoms with Crippen LogP contribution in [-0.4, -0.2) is 34.5 Å². The number of benzene rings is 1. The molecule has 27 heavy (non-hydrogen) atoms. The van der Waals surface area contributed by atoms with Crippen molar-refractivity contribution in [3.8, 4) is 5.75 Å². The summed E-state index contributed by atoms with van der Waals surface area (Å²) in [7, 11) is 0. The summed E-state index contributed by atoms with van der Waals surface area (Å²) < 4.78 is 45.6. The van der Waals surface area contributed by atoms with Gasteiger partial charge in [0, 0.05) is 5.70 Å². The van der Waals surface area contributed by atoms with E-state index >= 15 is 0 Å². The fourth-order valence-corrected chi connectivity index (χ4v) is 2.82. The Morgan fingerprint density at radius 3 is 2.59 bits per heavy atom. The first-order chi connectivity index (χ1) is 12.7. The SMILES string of the molecule is CCCCCCC1=CC(O)(C(F)(F)F)N(C(=O)COc2ccccc2C)N1. The number of unbranched alkanes of at least 4 members (excludes halogenated alkanes) is 3. The van der Waals surface area contributed by atoms with Gasteiger partial charge in [-0.05, 0) is 37.5 Å². The summed E-state index contributed by atoms with van der Waals surface area (Å²) >= 11 is 0. The maximum atomic E-state index is 13.4. The standard InChI is InChI=1S/C19H25F3N2O3/c1-3-4-5-6-10-15-12-18(26,19(20,21)22)24(23-15)17(25)13-27-16-11-8-7-9-14(16)2/h7-9,11-12,23,26H,3-6,10,13H2,1-2H3. The van der Waals surface area contributed by atoms with Crippen molar-refractivity contribution in [1.82, 2.24) is 10.4 Å². The summed E-state index contributed by atoms with van der Waals surface area (Å²) in [6.45, 7) is 3.16. The summed E-state index contributed by atoms with van der Waals surface area (Å²) in [4.78, 5) is 12.4. The molecule has 1 unspecified atom stereocenters. The number of alkyl halides is 3. The molecule has 150 valence electrons. The summed E-state index contributed by atoms with van der Waals surface area (Å²) in [6, 6.07) is 6.86. The van der Waals surface area contributed by atoms with E-state index in [0.717, 1.165) is 24.8 Å². The number of carbonyl (C=O) groups is 1. The Labute approximate surface area is 156 Å². The highest BCUT2D eigenvalue weighted by molar-refractivity contribution is 5.79. The van der Waals surface area contributed by atoms with Crippen LogP contribution in [0.4, 0.5) is 13.2 Å². The van der Waals surface area contributed by atoms with Gasteiger partial charge in [-0.2, -0.15) is 13.2 Å². The summed E-state index contributed by atoms with van der Waals surface area (Å²) in [5.74, 6) is -0.619. The first kappa shape index (κ1) is 21.1. The van der Waals surface area contributed by atoms with Crippen molar-refractivity contribution in [1.29, 1.82) is 0 Å². The maximum absolute atomic E-state index is 13.4. The van der Waals surface area contributed by atoms with Gasteiger partial charge in [0.1, 0.15) is 5.75 Å². The summed E-state index contributed by atoms with van der Waals surface area (Å²) in [6.07, 6.45) is -0.537. The van der Waals surface area contributed by atoms with E-state index in [1.807, 2.05) is 6.92 Å². The van der Waals surface area contributed by atoms with Gasteiger partial charge in [0.2, 0.25) is 0 Å². The van der Waals surface area contributed by atoms with Crippen LogP contribution < -0.4 is 10.2 Å². The van der Waals surface area contributed by atoms with Gasteiger partial charge in [0.05, 0.1) is 0 Å². The van der Waals surface area contributed by atoms with E-state index in [0.29, 0.717) is 24.7 Å². The molecule has 0 saturated carbocycles. The second-order valence-corrected chi connectivity index (χ2v) is 6.60. The van der Waals surface area contributed by atoms with Crippen LogP contribution >= 0.6 is 0 Å². The lowest BCUT2D eigenvalue weighted by Gasteiger charge is -2.33. The number of nitrogens with one attached hydrogen (secondary N) is 1. The molecule has 0 spiro atoms. The molecule has 0 bridgehead atoms. The Bertz CT molecular complexity index is 691. The lowest BCUT2D eigenvalue weighted by atomic mass is 10.1. The average Bonchev–Trinajstić information content (AvgIpc) is 2.96. The molecule has 0 aromatic heterocycles. The number of ether oxygens (including phenoxy) is 1. The number of hydrogen-bond donors (Lipinski definition) is 2. The van der Waals surface area contributed by atoms with Crippen LogP contribution in [-0.2, 0) is 4.79 Å². The van der Waals surface area contributed by atoms with E-state index in [-0.39, 0.29) is 10.7 Å². The first-order valence-electron chi connectivity index (χ1n) is 8.98. The molecule has 1 aromatic carbocycles. The largest absolute Gasteiger partial charge is 0.483 e. The number of rotatable bonds is 8. The van der Waals surface area contributed by atoms with E-state index in [1.54, 1.807) is 31.2 Å². The second-order valence-electron chi connectivity index (χ2n) is 6.60. The Balaban J connectivity index is 2.07. The Hall–Kier alpha value is -2.22. The molecule has 1 aliphatic rings. The third-order valence-corrected chi connectivity index (χ3v) is 4.38. The lowest BCUT2D eigenvalue weighted by molar-refractivity contribution is -0.289. The molecule has 1 heterocycles. The van der Waals surface area contributed by atoms with Crippen molar-refractivity contribution >= 4 is 5.91 Å². The minimum atomic E-state index is -5.04. The van der Waals surface area contributed by atoms with Gasteiger partial charge in [-0.15, -0.1) is 0 Å². The van der Waals surface area contributed by atoms with Gasteiger partial charge in [0.25, 0.3) is 11.6 Å². The molecule has 0 fully saturated rings. The van der Waals surface area contributed by atoms with E-state index in [4.69, 9.17) is 4.74 Å². The molecular formula is C19H25F3N2O3. The Morgan fingerprint density at radius 2 is 1.96 bits per heavy atom. The van der Waals surface area contributed by atoms with Gasteiger partial charge in [-0.1, -0.05) is 44.4 Å². The molecule has 5 nitrogen and oxygen atoms in total. The van der Waals surface area contributed by atoms with Gasteiger partial charge < -0.3 is 9.84 Å². The molecule has 1 aliphatic heterocycles. The predicted molar refractivity (Wildman–Crippen MR) is 94.5 cm³/mol. The third-order valence-electron chi connectivity index (χ3n) is 4.38. The second kappa shape index (κ2) is 8.65. The molecular weight excluding hydrogens is 361 g/mol. The van der Waals surface area contributed by atoms with Crippen LogP contribution in [0.1, 0.15) is 44.6 Å². The van der Waals surface area contributed by atoms with Gasteiger partial charge in [-0.25, -0.2) is 5.01 Å². The van der Waals surface area contributed by atoms with Crippen molar-refractivity contribution in [2.24, 2.45) is 0 Å². The number of aryl methyl sites for hydroxylation is 1. The number of hydrogen-bond acceptors (Lipinski definition) is 4. The van der Waals surface area contributed by atoms with Crippen molar-refractivity contribution in [3.05, 3.63) is 41.6 Å². The normalized spacial score (nSPS) is 19.6. The van der Waals surface area contributed by atoms with Gasteiger partial charge >= 0.3 is 6.18 Å². The zero-order valence-electron chi connectivity index (χ0n) is 15.5. The summed E-state index contributed by atoms with van der Waals surface area (Å²) in [5, 5.41) is 10.4. The predicted octanol–water partition coefficient (Wildman–Crippen LogP) is 3.83. The first-order valence-corrected chi connectivity index (χ1v) is 8.98. The molecule has 8 heteroatoms. The topological polar surface area (TPSA) is 61.8 Å². The molecule has 1 aromatic rings. The number of allylic oxidation sites excluding steroid dienone is 1. The maximum Gasteiger partial charge on any atom is 0.442 e. The fourth-order valence-electron chi connectivity index (χ4n) is 2.82. The van der Waals surface area contributed by atoms with Crippen LogP contribution in [0, 0.1) is 6.92 Å². The number of aliphatic hydroxyl groups is 1. The summed E-state index contributed by atoms with van der Waals surface area (Å²) in [5.41, 5.74) is -0.0525. The molecule has 0 radical (unpaired) electrons. The van der Waals surface area contributed by atoms with Crippen LogP contribution in [0.5, 0.6) is 5.75 Å². The highest BCUT2D eigenvalue weighted by Gasteiger charge is 2.61. The van der Waals surface area contributed by atoms with Gasteiger partial charge in [0.15, 0.2) is 6.61 Å². The quantitative estimate of drug-likeness (QED) is 0.667. The highest BCUT2D eigenvalue weighted by Crippen LogP contribution is 2.38. The van der Waals surface area contributed by atoms with Gasteiger partial charge in [-0.3, -0.25) is 10.2 Å². The minimum Gasteiger partial charge on any atom is -0.483 e. The van der Waals surface area contributed by atoms with E-state index in [9.17, 15) is 23.1 Å². The molecule has 0 aliphatic carbocycles. The van der Waals surface area contributed by atoms with Crippen molar-refractivity contribution in [3.63, 3.8) is 0 Å². The monoisotopic (exact) mass is 386 g/mol. The Morgan fingerprint density at radius 1 is 1.26 bits per heavy atom. The van der Waals surface area contributed by atoms with E-state index in [1.165, 1.54) is 0 Å². The van der Waals surface area contributed by atoms with E-state index in [2.05, 4.69) is 5.43 Å². The van der Waals surface area contributed by atoms with Crippen molar-refractivity contribution in [2.75, 3.05) is 6.61 Å². The third kappa shape index (κ3) is 4.94. The zero-order valence-corrected chi connectivity index (χ0v) is 15.5. The highest BCUT2D eigenvalue weighted by atomic mass is 19.4. The Kier molecular flexibility index (Phi) is 6.75. The molecule has 1 amide bonds. The number of halogens is 3. The fraction of sp³-hybridized carbons (Fsp3) is 0.526. The number of nitrogens with zero attached hydrogens (tertiary/aromatic N) is 1. The van der Waals surface area contributed by atoms with Crippen LogP contribution in [0.15, 0.2) is 36.0 Å². The molecule has 0 saturated heterocycles. The van der Waals surface area contributed by atoms with Crippen molar-refractivity contribution in [2.45, 2.75) is 57.9 Å². The average molecular weight is 386 g/mol. The van der Waals surface area contributed by atoms with E-state index < -0.39 is 24.4 Å². The van der Waals surface area contributed by atoms with Crippen LogP contribution in [0.25, 0.3) is 0 Å². The number of amides is 1.